The summed E-state index contributed by atoms with van der Waals surface area (Å²) in [6.45, 7) is 6.91. The van der Waals surface area contributed by atoms with Gasteiger partial charge in [0.25, 0.3) is 5.91 Å². The van der Waals surface area contributed by atoms with Crippen LogP contribution in [0.25, 0.3) is 0 Å². The topological polar surface area (TPSA) is 83.6 Å². The molecule has 1 saturated heterocycles. The number of halogens is 1. The molecule has 0 aromatic heterocycles. The van der Waals surface area contributed by atoms with E-state index in [1.54, 1.807) is 13.8 Å². The molecule has 28 heavy (non-hydrogen) atoms. The summed E-state index contributed by atoms with van der Waals surface area (Å²) in [4.78, 5) is 25.4. The number of nitrogens with zero attached hydrogens (tertiary/aromatic N) is 1. The van der Waals surface area contributed by atoms with E-state index in [1.807, 2.05) is 32.0 Å². The molecule has 0 spiro atoms. The number of rotatable bonds is 3. The van der Waals surface area contributed by atoms with Gasteiger partial charge in [-0.2, -0.15) is 0 Å². The highest BCUT2D eigenvalue weighted by Crippen LogP contribution is 2.37. The predicted octanol–water partition coefficient (Wildman–Crippen LogP) is 3.91. The first kappa shape index (κ1) is 20.4. The van der Waals surface area contributed by atoms with E-state index in [-0.39, 0.29) is 22.0 Å². The molecule has 0 saturated carbocycles. The third-order valence-electron chi connectivity index (χ3n) is 4.73. The zero-order chi connectivity index (χ0) is 20.9. The number of benzene rings is 2. The van der Waals surface area contributed by atoms with Crippen molar-refractivity contribution < 1.29 is 18.0 Å². The molecule has 1 aliphatic rings. The van der Waals surface area contributed by atoms with Crippen molar-refractivity contribution in [1.29, 1.82) is 0 Å². The molecule has 148 valence electrons. The molecule has 0 unspecified atom stereocenters. The number of para-hydroxylation sites is 1. The van der Waals surface area contributed by atoms with Gasteiger partial charge in [0, 0.05) is 5.69 Å². The normalized spacial score (nSPS) is 17.6. The Hall–Kier alpha value is -2.38. The molecule has 0 bridgehead atoms. The molecule has 2 aromatic carbocycles. The van der Waals surface area contributed by atoms with E-state index in [9.17, 15) is 18.0 Å². The number of anilines is 2. The summed E-state index contributed by atoms with van der Waals surface area (Å²) in [7, 11) is -3.82. The lowest BCUT2D eigenvalue weighted by Crippen LogP contribution is -2.33. The first-order valence-electron chi connectivity index (χ1n) is 8.68. The van der Waals surface area contributed by atoms with Crippen molar-refractivity contribution in [3.63, 3.8) is 0 Å². The van der Waals surface area contributed by atoms with Gasteiger partial charge in [-0.25, -0.2) is 12.7 Å². The van der Waals surface area contributed by atoms with Crippen molar-refractivity contribution in [2.75, 3.05) is 15.4 Å². The van der Waals surface area contributed by atoms with Crippen LogP contribution in [-0.4, -0.2) is 26.0 Å². The second-order valence-corrected chi connectivity index (χ2v) is 9.82. The quantitative estimate of drug-likeness (QED) is 0.815. The molecule has 8 heteroatoms. The minimum atomic E-state index is -3.82. The molecule has 0 radical (unpaired) electrons. The van der Waals surface area contributed by atoms with Gasteiger partial charge in [0.1, 0.15) is 0 Å². The number of nitrogens with one attached hydrogen (secondary N) is 1. The molecule has 2 aromatic rings. The van der Waals surface area contributed by atoms with Gasteiger partial charge in [-0.05, 0) is 57.0 Å². The predicted molar refractivity (Wildman–Crippen MR) is 110 cm³/mol. The summed E-state index contributed by atoms with van der Waals surface area (Å²) in [5, 5.41) is 2.99. The first-order valence-corrected chi connectivity index (χ1v) is 10.7. The third-order valence-corrected chi connectivity index (χ3v) is 7.08. The van der Waals surface area contributed by atoms with Crippen LogP contribution in [0.4, 0.5) is 11.4 Å². The summed E-state index contributed by atoms with van der Waals surface area (Å²) in [6, 6.07) is 9.82. The lowest BCUT2D eigenvalue weighted by atomic mass is 9.95. The van der Waals surface area contributed by atoms with E-state index in [2.05, 4.69) is 5.32 Å². The molecule has 3 rings (SSSR count). The van der Waals surface area contributed by atoms with E-state index in [4.69, 9.17) is 11.6 Å². The third kappa shape index (κ3) is 3.52. The van der Waals surface area contributed by atoms with Gasteiger partial charge in [-0.15, -0.1) is 0 Å². The number of carbonyl (C=O) groups is 2. The van der Waals surface area contributed by atoms with Crippen molar-refractivity contribution in [3.05, 3.63) is 58.1 Å². The molecule has 2 amide bonds. The maximum absolute atomic E-state index is 12.8. The number of sulfonamides is 1. The van der Waals surface area contributed by atoms with Crippen molar-refractivity contribution in [3.8, 4) is 0 Å². The SMILES string of the molecule is Cc1cccc(C)c1NC(=O)c1cc(N2C(=O)C(C)(C)CS2(=O)=O)ccc1Cl. The van der Waals surface area contributed by atoms with Crippen LogP contribution in [0.5, 0.6) is 0 Å². The van der Waals surface area contributed by atoms with E-state index < -0.39 is 27.3 Å². The van der Waals surface area contributed by atoms with Crippen LogP contribution in [0.1, 0.15) is 35.3 Å². The van der Waals surface area contributed by atoms with Gasteiger partial charge >= 0.3 is 0 Å². The van der Waals surface area contributed by atoms with E-state index in [1.165, 1.54) is 18.2 Å². The van der Waals surface area contributed by atoms with Gasteiger partial charge < -0.3 is 5.32 Å². The molecule has 1 aliphatic heterocycles. The van der Waals surface area contributed by atoms with Gasteiger partial charge in [0.05, 0.1) is 27.4 Å². The Morgan fingerprint density at radius 3 is 2.29 bits per heavy atom. The van der Waals surface area contributed by atoms with Crippen molar-refractivity contribution in [2.24, 2.45) is 5.41 Å². The maximum atomic E-state index is 12.8. The summed E-state index contributed by atoms with van der Waals surface area (Å²) in [5.41, 5.74) is 1.61. The standard InChI is InChI=1S/C20H21ClN2O4S/c1-12-6-5-7-13(2)17(12)22-18(24)15-10-14(8-9-16(15)21)23-19(25)20(3,4)11-28(23,26)27/h5-10H,11H2,1-4H3,(H,22,24). The molecule has 1 N–H and O–H groups in total. The maximum Gasteiger partial charge on any atom is 0.257 e. The molecule has 1 fully saturated rings. The second kappa shape index (κ2) is 6.90. The highest BCUT2D eigenvalue weighted by Gasteiger charge is 2.50. The lowest BCUT2D eigenvalue weighted by Gasteiger charge is -2.19. The number of amides is 2. The molecule has 1 heterocycles. The fourth-order valence-corrected chi connectivity index (χ4v) is 5.57. The van der Waals surface area contributed by atoms with Crippen LogP contribution in [0.2, 0.25) is 5.02 Å². The summed E-state index contributed by atoms with van der Waals surface area (Å²) < 4.78 is 25.8. The summed E-state index contributed by atoms with van der Waals surface area (Å²) in [6.07, 6.45) is 0. The van der Waals surface area contributed by atoms with Gasteiger partial charge in [-0.3, -0.25) is 9.59 Å². The fraction of sp³-hybridized carbons (Fsp3) is 0.300. The Morgan fingerprint density at radius 2 is 1.75 bits per heavy atom. The highest BCUT2D eigenvalue weighted by molar-refractivity contribution is 7.94. The average Bonchev–Trinajstić information content (AvgIpc) is 2.75. The van der Waals surface area contributed by atoms with E-state index >= 15 is 0 Å². The van der Waals surface area contributed by atoms with Crippen LogP contribution < -0.4 is 9.62 Å². The zero-order valence-electron chi connectivity index (χ0n) is 16.0. The summed E-state index contributed by atoms with van der Waals surface area (Å²) in [5.74, 6) is -1.30. The minimum absolute atomic E-state index is 0.0922. The smallest absolute Gasteiger partial charge is 0.257 e. The largest absolute Gasteiger partial charge is 0.321 e. The van der Waals surface area contributed by atoms with E-state index in [0.29, 0.717) is 5.69 Å². The Labute approximate surface area is 169 Å². The van der Waals surface area contributed by atoms with Gasteiger partial charge in [0.15, 0.2) is 0 Å². The number of hydrogen-bond donors (Lipinski definition) is 1. The van der Waals surface area contributed by atoms with Crippen LogP contribution >= 0.6 is 11.6 Å². The van der Waals surface area contributed by atoms with Crippen molar-refractivity contribution in [2.45, 2.75) is 27.7 Å². The Bertz CT molecular complexity index is 1070. The first-order chi connectivity index (χ1) is 12.9. The van der Waals surface area contributed by atoms with Crippen LogP contribution in [0, 0.1) is 19.3 Å². The Morgan fingerprint density at radius 1 is 1.14 bits per heavy atom. The molecular weight excluding hydrogens is 400 g/mol. The fourth-order valence-electron chi connectivity index (χ4n) is 3.27. The van der Waals surface area contributed by atoms with Gasteiger partial charge in [0.2, 0.25) is 15.9 Å². The average molecular weight is 421 g/mol. The Balaban J connectivity index is 2.01. The zero-order valence-corrected chi connectivity index (χ0v) is 17.6. The molecule has 6 nitrogen and oxygen atoms in total. The highest BCUT2D eigenvalue weighted by atomic mass is 35.5. The Kier molecular flexibility index (Phi) is 5.02. The molecule has 0 atom stereocenters. The van der Waals surface area contributed by atoms with Crippen LogP contribution in [0.3, 0.4) is 0 Å². The van der Waals surface area contributed by atoms with E-state index in [0.717, 1.165) is 15.4 Å². The minimum Gasteiger partial charge on any atom is -0.321 e. The number of hydrogen-bond acceptors (Lipinski definition) is 4. The number of aryl methyl sites for hydroxylation is 2. The lowest BCUT2D eigenvalue weighted by molar-refractivity contribution is -0.123. The monoisotopic (exact) mass is 420 g/mol. The van der Waals surface area contributed by atoms with Crippen LogP contribution in [-0.2, 0) is 14.8 Å². The summed E-state index contributed by atoms with van der Waals surface area (Å²) >= 11 is 6.19. The van der Waals surface area contributed by atoms with Gasteiger partial charge in [-0.1, -0.05) is 29.8 Å². The number of carbonyl (C=O) groups excluding carboxylic acids is 2. The van der Waals surface area contributed by atoms with Crippen molar-refractivity contribution >= 4 is 44.8 Å². The van der Waals surface area contributed by atoms with Crippen molar-refractivity contribution in [1.82, 2.24) is 0 Å². The van der Waals surface area contributed by atoms with Crippen LogP contribution in [0.15, 0.2) is 36.4 Å². The molecular formula is C20H21ClN2O4S. The second-order valence-electron chi connectivity index (χ2n) is 7.59. The molecule has 0 aliphatic carbocycles.